The van der Waals surface area contributed by atoms with Crippen molar-refractivity contribution < 1.29 is 4.74 Å². The van der Waals surface area contributed by atoms with Gasteiger partial charge in [-0.25, -0.2) is 4.98 Å². The van der Waals surface area contributed by atoms with E-state index >= 15 is 0 Å². The Kier molecular flexibility index (Phi) is 4.79. The van der Waals surface area contributed by atoms with Crippen LogP contribution in [0.25, 0.3) is 0 Å². The Morgan fingerprint density at radius 2 is 2.39 bits per heavy atom. The number of ether oxygens (including phenoxy) is 1. The lowest BCUT2D eigenvalue weighted by Crippen LogP contribution is -2.12. The van der Waals surface area contributed by atoms with E-state index in [1.54, 1.807) is 18.4 Å². The number of thiophene rings is 1. The molecule has 0 aromatic carbocycles. The molecule has 2 heterocycles. The number of nitrogens with zero attached hydrogens (tertiary/aromatic N) is 2. The van der Waals surface area contributed by atoms with Crippen molar-refractivity contribution in [3.05, 3.63) is 32.7 Å². The Hall–Kier alpha value is -0.850. The van der Waals surface area contributed by atoms with Gasteiger partial charge in [-0.2, -0.15) is 0 Å². The second-order valence-electron chi connectivity index (χ2n) is 3.95. The lowest BCUT2D eigenvalue weighted by molar-refractivity contribution is 0.210. The first kappa shape index (κ1) is 13.6. The van der Waals surface area contributed by atoms with Gasteiger partial charge in [0.25, 0.3) is 0 Å². The highest BCUT2D eigenvalue weighted by atomic mass is 79.9. The van der Waals surface area contributed by atoms with Crippen molar-refractivity contribution in [2.75, 3.05) is 25.6 Å². The van der Waals surface area contributed by atoms with Gasteiger partial charge >= 0.3 is 0 Å². The van der Waals surface area contributed by atoms with Crippen LogP contribution in [0.3, 0.4) is 0 Å². The van der Waals surface area contributed by atoms with Crippen LogP contribution in [0.2, 0.25) is 0 Å². The molecule has 0 aliphatic heterocycles. The van der Waals surface area contributed by atoms with Crippen LogP contribution < -0.4 is 5.32 Å². The SMILES string of the molecule is COCCNc1nc(C)cn1Cc1sccc1Br. The molecule has 0 aliphatic rings. The van der Waals surface area contributed by atoms with Crippen LogP contribution in [0.4, 0.5) is 5.95 Å². The first-order valence-corrected chi connectivity index (χ1v) is 7.36. The normalized spacial score (nSPS) is 10.8. The van der Waals surface area contributed by atoms with E-state index in [4.69, 9.17) is 4.74 Å². The summed E-state index contributed by atoms with van der Waals surface area (Å²) in [6.07, 6.45) is 2.06. The molecular formula is C12H16BrN3OS. The summed E-state index contributed by atoms with van der Waals surface area (Å²) in [4.78, 5) is 5.77. The second-order valence-corrected chi connectivity index (χ2v) is 5.80. The Morgan fingerprint density at radius 3 is 3.06 bits per heavy atom. The summed E-state index contributed by atoms with van der Waals surface area (Å²) < 4.78 is 8.31. The van der Waals surface area contributed by atoms with E-state index in [9.17, 15) is 0 Å². The third kappa shape index (κ3) is 3.34. The highest BCUT2D eigenvalue weighted by Gasteiger charge is 2.08. The van der Waals surface area contributed by atoms with Crippen molar-refractivity contribution >= 4 is 33.2 Å². The predicted molar refractivity (Wildman–Crippen MR) is 78.5 cm³/mol. The third-order valence-electron chi connectivity index (χ3n) is 2.49. The van der Waals surface area contributed by atoms with Crippen molar-refractivity contribution in [3.63, 3.8) is 0 Å². The number of hydrogen-bond donors (Lipinski definition) is 1. The summed E-state index contributed by atoms with van der Waals surface area (Å²) >= 11 is 5.30. The van der Waals surface area contributed by atoms with Crippen molar-refractivity contribution in [3.8, 4) is 0 Å². The maximum atomic E-state index is 5.03. The number of hydrogen-bond acceptors (Lipinski definition) is 4. The summed E-state index contributed by atoms with van der Waals surface area (Å²) in [6.45, 7) is 4.27. The first-order valence-electron chi connectivity index (χ1n) is 5.69. The molecule has 4 nitrogen and oxygen atoms in total. The van der Waals surface area contributed by atoms with Gasteiger partial charge in [-0.1, -0.05) is 0 Å². The van der Waals surface area contributed by atoms with Crippen LogP contribution in [0.15, 0.2) is 22.1 Å². The molecule has 0 bridgehead atoms. The van der Waals surface area contributed by atoms with Gasteiger partial charge in [-0.3, -0.25) is 0 Å². The molecule has 0 aliphatic carbocycles. The van der Waals surface area contributed by atoms with Crippen molar-refractivity contribution in [1.82, 2.24) is 9.55 Å². The van der Waals surface area contributed by atoms with Gasteiger partial charge in [0.05, 0.1) is 18.8 Å². The molecule has 0 unspecified atom stereocenters. The Balaban J connectivity index is 2.09. The van der Waals surface area contributed by atoms with Gasteiger partial charge in [0.2, 0.25) is 5.95 Å². The molecule has 0 radical (unpaired) electrons. The summed E-state index contributed by atoms with van der Waals surface area (Å²) in [6, 6.07) is 2.07. The van der Waals surface area contributed by atoms with E-state index in [0.29, 0.717) is 6.61 Å². The second kappa shape index (κ2) is 6.36. The maximum Gasteiger partial charge on any atom is 0.203 e. The van der Waals surface area contributed by atoms with E-state index < -0.39 is 0 Å². The Bertz CT molecular complexity index is 509. The smallest absolute Gasteiger partial charge is 0.203 e. The molecule has 0 saturated carbocycles. The summed E-state index contributed by atoms with van der Waals surface area (Å²) in [5, 5.41) is 5.37. The van der Waals surface area contributed by atoms with Gasteiger partial charge in [0.15, 0.2) is 0 Å². The van der Waals surface area contributed by atoms with Crippen molar-refractivity contribution in [2.45, 2.75) is 13.5 Å². The number of aryl methyl sites for hydroxylation is 1. The lowest BCUT2D eigenvalue weighted by Gasteiger charge is -2.08. The van der Waals surface area contributed by atoms with E-state index in [1.165, 1.54) is 4.88 Å². The zero-order valence-corrected chi connectivity index (χ0v) is 12.8. The highest BCUT2D eigenvalue weighted by molar-refractivity contribution is 9.10. The zero-order chi connectivity index (χ0) is 13.0. The molecule has 0 fully saturated rings. The fourth-order valence-electron chi connectivity index (χ4n) is 1.67. The topological polar surface area (TPSA) is 39.1 Å². The largest absolute Gasteiger partial charge is 0.383 e. The van der Waals surface area contributed by atoms with Crippen LogP contribution in [0.1, 0.15) is 10.6 Å². The van der Waals surface area contributed by atoms with Crippen LogP contribution in [-0.4, -0.2) is 29.8 Å². The average molecular weight is 330 g/mol. The van der Waals surface area contributed by atoms with Crippen LogP contribution in [0, 0.1) is 6.92 Å². The predicted octanol–water partition coefficient (Wildman–Crippen LogP) is 3.12. The highest BCUT2D eigenvalue weighted by Crippen LogP contribution is 2.24. The van der Waals surface area contributed by atoms with Crippen molar-refractivity contribution in [2.24, 2.45) is 0 Å². The quantitative estimate of drug-likeness (QED) is 0.827. The summed E-state index contributed by atoms with van der Waals surface area (Å²) in [5.41, 5.74) is 1.02. The number of nitrogens with one attached hydrogen (secondary N) is 1. The third-order valence-corrected chi connectivity index (χ3v) is 4.40. The minimum atomic E-state index is 0.675. The maximum absolute atomic E-state index is 5.03. The Labute approximate surface area is 119 Å². The van der Waals surface area contributed by atoms with Gasteiger partial charge in [0, 0.05) is 29.2 Å². The molecule has 2 aromatic heterocycles. The van der Waals surface area contributed by atoms with Crippen molar-refractivity contribution in [1.29, 1.82) is 0 Å². The number of rotatable bonds is 6. The van der Waals surface area contributed by atoms with Crippen LogP contribution >= 0.6 is 27.3 Å². The molecule has 2 aromatic rings. The molecule has 18 heavy (non-hydrogen) atoms. The molecule has 1 N–H and O–H groups in total. The number of methoxy groups -OCH3 is 1. The number of aromatic nitrogens is 2. The lowest BCUT2D eigenvalue weighted by atomic mass is 10.4. The molecule has 6 heteroatoms. The van der Waals surface area contributed by atoms with Gasteiger partial charge in [0.1, 0.15) is 0 Å². The Morgan fingerprint density at radius 1 is 1.56 bits per heavy atom. The molecule has 2 rings (SSSR count). The number of anilines is 1. The molecule has 0 atom stereocenters. The number of imidazole rings is 1. The van der Waals surface area contributed by atoms with E-state index in [1.807, 2.05) is 6.92 Å². The summed E-state index contributed by atoms with van der Waals surface area (Å²) in [7, 11) is 1.70. The number of halogens is 1. The summed E-state index contributed by atoms with van der Waals surface area (Å²) in [5.74, 6) is 0.893. The molecule has 0 spiro atoms. The van der Waals surface area contributed by atoms with E-state index in [2.05, 4.69) is 48.4 Å². The average Bonchev–Trinajstić information content (AvgIpc) is 2.88. The van der Waals surface area contributed by atoms with Crippen LogP contribution in [-0.2, 0) is 11.3 Å². The molecule has 0 amide bonds. The van der Waals surface area contributed by atoms with Gasteiger partial charge < -0.3 is 14.6 Å². The monoisotopic (exact) mass is 329 g/mol. The first-order chi connectivity index (χ1) is 8.70. The zero-order valence-electron chi connectivity index (χ0n) is 10.4. The fourth-order valence-corrected chi connectivity index (χ4v) is 3.14. The minimum Gasteiger partial charge on any atom is -0.383 e. The standard InChI is InChI=1S/C12H16BrN3OS/c1-9-7-16(8-11-10(13)3-6-18-11)12(15-9)14-4-5-17-2/h3,6-7H,4-5,8H2,1-2H3,(H,14,15). The molecule has 0 saturated heterocycles. The van der Waals surface area contributed by atoms with E-state index in [-0.39, 0.29) is 0 Å². The molecular weight excluding hydrogens is 314 g/mol. The van der Waals surface area contributed by atoms with Gasteiger partial charge in [-0.05, 0) is 34.3 Å². The van der Waals surface area contributed by atoms with E-state index in [0.717, 1.165) is 29.2 Å². The van der Waals surface area contributed by atoms with Gasteiger partial charge in [-0.15, -0.1) is 11.3 Å². The molecule has 98 valence electrons. The van der Waals surface area contributed by atoms with Crippen LogP contribution in [0.5, 0.6) is 0 Å². The fraction of sp³-hybridized carbons (Fsp3) is 0.417. The minimum absolute atomic E-state index is 0.675.